The minimum atomic E-state index is -0.445. The van der Waals surface area contributed by atoms with E-state index in [0.717, 1.165) is 86.7 Å². The first-order chi connectivity index (χ1) is 46.3. The molecule has 1 fully saturated rings. The minimum Gasteiger partial charge on any atom is -0.399 e. The summed E-state index contributed by atoms with van der Waals surface area (Å²) in [5.41, 5.74) is 12.8. The Bertz CT molecular complexity index is 4550. The van der Waals surface area contributed by atoms with Gasteiger partial charge in [-0.1, -0.05) is 299 Å². The summed E-state index contributed by atoms with van der Waals surface area (Å²) >= 11 is 6.66. The first kappa shape index (κ1) is 63.2. The van der Waals surface area contributed by atoms with Gasteiger partial charge in [-0.2, -0.15) is 0 Å². The molecule has 0 bridgehead atoms. The van der Waals surface area contributed by atoms with E-state index >= 15 is 0 Å². The van der Waals surface area contributed by atoms with Crippen LogP contribution in [0.4, 0.5) is 0 Å². The summed E-state index contributed by atoms with van der Waals surface area (Å²) in [6.45, 7) is 8.23. The van der Waals surface area contributed by atoms with Crippen molar-refractivity contribution in [3.8, 4) is 125 Å². The topological polar surface area (TPSA) is 134 Å². The molecule has 0 saturated carbocycles. The average Bonchev–Trinajstić information content (AvgIpc) is 1.68. The Morgan fingerprint density at radius 2 is 0.421 bits per heavy atom. The zero-order chi connectivity index (χ0) is 65.1. The Hall–Kier alpha value is -10.6. The van der Waals surface area contributed by atoms with Crippen molar-refractivity contribution in [2.24, 2.45) is 0 Å². The summed E-state index contributed by atoms with van der Waals surface area (Å²) in [4.78, 5) is 43.9. The molecular formula is C81H62BBr2N9O2. The van der Waals surface area contributed by atoms with Crippen molar-refractivity contribution in [2.75, 3.05) is 0 Å². The number of benzene rings is 11. The van der Waals surface area contributed by atoms with Crippen LogP contribution in [0.25, 0.3) is 125 Å². The van der Waals surface area contributed by atoms with Crippen molar-refractivity contribution in [3.63, 3.8) is 0 Å². The molecule has 11 nitrogen and oxygen atoms in total. The summed E-state index contributed by atoms with van der Waals surface area (Å²) in [6.07, 6.45) is 0. The van der Waals surface area contributed by atoms with Gasteiger partial charge in [0.15, 0.2) is 52.4 Å². The highest BCUT2D eigenvalue weighted by molar-refractivity contribution is 9.11. The van der Waals surface area contributed by atoms with Gasteiger partial charge < -0.3 is 9.31 Å². The van der Waals surface area contributed by atoms with Crippen molar-refractivity contribution in [1.82, 2.24) is 44.9 Å². The molecule has 1 saturated heterocycles. The molecule has 0 amide bonds. The van der Waals surface area contributed by atoms with Gasteiger partial charge in [0.25, 0.3) is 0 Å². The summed E-state index contributed by atoms with van der Waals surface area (Å²) in [7, 11) is -0.445. The summed E-state index contributed by atoms with van der Waals surface area (Å²) in [5.74, 6) is 5.68. The quantitative estimate of drug-likeness (QED) is 0.108. The Morgan fingerprint density at radius 1 is 0.221 bits per heavy atom. The smallest absolute Gasteiger partial charge is 0.399 e. The number of rotatable bonds is 12. The minimum absolute atomic E-state index is 0.401. The SMILES string of the molecule is Brc1cccc(Br)c1.CC1(C)OB(c2cccc(-c3nc(-c4ccccc4)nc(-c4ccccc4)n3)c2)OC1(C)C.c1ccc(-c2nc(-c3ccccc3)nc(-c3cccc(-c4cccc(-c5cccc(-c6nc(-c7ccccc7)nc(-c7ccccc7)n6)c5)c4)c3)n2)cc1. The molecule has 0 unspecified atom stereocenters. The van der Waals surface area contributed by atoms with E-state index < -0.39 is 18.3 Å². The number of halogens is 2. The van der Waals surface area contributed by atoms with E-state index in [1.54, 1.807) is 0 Å². The Kier molecular flexibility index (Phi) is 19.1. The molecule has 14 aromatic rings. The van der Waals surface area contributed by atoms with E-state index in [0.29, 0.717) is 52.4 Å². The average molecular weight is 1360 g/mol. The second kappa shape index (κ2) is 28.7. The number of nitrogens with zero attached hydrogens (tertiary/aromatic N) is 9. The molecule has 1 aliphatic rings. The first-order valence-electron chi connectivity index (χ1n) is 31.1. The second-order valence-corrected chi connectivity index (χ2v) is 25.3. The molecule has 0 atom stereocenters. The van der Waals surface area contributed by atoms with Gasteiger partial charge in [-0.05, 0) is 91.8 Å². The highest BCUT2D eigenvalue weighted by atomic mass is 79.9. The summed E-state index contributed by atoms with van der Waals surface area (Å²) in [5, 5.41) is 0. The maximum Gasteiger partial charge on any atom is 0.494 e. The highest BCUT2D eigenvalue weighted by Gasteiger charge is 2.51. The van der Waals surface area contributed by atoms with E-state index in [4.69, 9.17) is 54.2 Å². The van der Waals surface area contributed by atoms with Crippen LogP contribution in [-0.2, 0) is 9.31 Å². The van der Waals surface area contributed by atoms with Gasteiger partial charge in [-0.25, -0.2) is 44.9 Å². The lowest BCUT2D eigenvalue weighted by Crippen LogP contribution is -2.41. The normalized spacial score (nSPS) is 12.8. The van der Waals surface area contributed by atoms with Gasteiger partial charge in [0, 0.05) is 59.0 Å². The molecule has 0 N–H and O–H groups in total. The fourth-order valence-electron chi connectivity index (χ4n) is 10.6. The van der Waals surface area contributed by atoms with Crippen LogP contribution in [0, 0.1) is 0 Å². The molecule has 0 spiro atoms. The van der Waals surface area contributed by atoms with Gasteiger partial charge in [0.2, 0.25) is 0 Å². The largest absolute Gasteiger partial charge is 0.494 e. The molecular weight excluding hydrogens is 1300 g/mol. The van der Waals surface area contributed by atoms with E-state index in [1.807, 2.05) is 231 Å². The molecule has 15 rings (SSSR count). The van der Waals surface area contributed by atoms with Crippen molar-refractivity contribution >= 4 is 44.4 Å². The molecule has 1 aliphatic heterocycles. The molecule has 95 heavy (non-hydrogen) atoms. The predicted molar refractivity (Wildman–Crippen MR) is 390 cm³/mol. The number of hydrogen-bond acceptors (Lipinski definition) is 11. The van der Waals surface area contributed by atoms with E-state index in [9.17, 15) is 0 Å². The van der Waals surface area contributed by atoms with E-state index in [2.05, 4.69) is 132 Å². The standard InChI is InChI=1S/C48H32N6.C27H26BN3O2.C6H4Br2/c1-5-16-33(17-6-1)43-49-44(34-18-7-2-8-19-34)52-47(51-43)41-28-14-26-39(31-41)37-24-13-25-38(30-37)40-27-15-29-42(32-40)48-53-45(35-20-9-3-10-21-35)50-46(54-48)36-22-11-4-12-23-36;1-26(2)27(3,4)33-28(32-26)22-17-11-16-21(18-22)25-30-23(19-12-7-5-8-13-19)29-24(31-25)20-14-9-6-10-15-20;7-5-2-1-3-6(8)4-5/h1-32H;5-18H,1-4H3;1-4H. The Morgan fingerprint density at radius 3 is 0.674 bits per heavy atom. The van der Waals surface area contributed by atoms with Gasteiger partial charge in [-0.15, -0.1) is 0 Å². The molecule has 0 radical (unpaired) electrons. The zero-order valence-electron chi connectivity index (χ0n) is 52.5. The maximum atomic E-state index is 6.25. The molecule has 3 aromatic heterocycles. The van der Waals surface area contributed by atoms with Gasteiger partial charge >= 0.3 is 7.12 Å². The highest BCUT2D eigenvalue weighted by Crippen LogP contribution is 2.38. The fraction of sp³-hybridized carbons (Fsp3) is 0.0741. The van der Waals surface area contributed by atoms with Crippen LogP contribution in [0.2, 0.25) is 0 Å². The van der Waals surface area contributed by atoms with Crippen molar-refractivity contribution < 1.29 is 9.31 Å². The van der Waals surface area contributed by atoms with Crippen LogP contribution in [0.1, 0.15) is 27.7 Å². The molecule has 14 heteroatoms. The van der Waals surface area contributed by atoms with Crippen molar-refractivity contribution in [2.45, 2.75) is 38.9 Å². The summed E-state index contributed by atoms with van der Waals surface area (Å²) < 4.78 is 14.7. The number of aromatic nitrogens is 9. The molecule has 460 valence electrons. The fourth-order valence-corrected chi connectivity index (χ4v) is 11.7. The Labute approximate surface area is 570 Å². The van der Waals surface area contributed by atoms with E-state index in [-0.39, 0.29) is 0 Å². The third kappa shape index (κ3) is 15.2. The van der Waals surface area contributed by atoms with Gasteiger partial charge in [0.1, 0.15) is 0 Å². The lowest BCUT2D eigenvalue weighted by Gasteiger charge is -2.32. The van der Waals surface area contributed by atoms with Crippen LogP contribution >= 0.6 is 31.9 Å². The monoisotopic (exact) mass is 1360 g/mol. The molecule has 11 aromatic carbocycles. The second-order valence-electron chi connectivity index (χ2n) is 23.5. The first-order valence-corrected chi connectivity index (χ1v) is 32.7. The molecule has 0 aliphatic carbocycles. The van der Waals surface area contributed by atoms with Crippen LogP contribution in [0.15, 0.2) is 312 Å². The lowest BCUT2D eigenvalue weighted by atomic mass is 9.78. The maximum absolute atomic E-state index is 6.25. The third-order valence-corrected chi connectivity index (χ3v) is 17.3. The van der Waals surface area contributed by atoms with Crippen LogP contribution in [-0.4, -0.2) is 63.2 Å². The van der Waals surface area contributed by atoms with Gasteiger partial charge in [0.05, 0.1) is 11.2 Å². The zero-order valence-corrected chi connectivity index (χ0v) is 55.7. The summed E-state index contributed by atoms with van der Waals surface area (Å²) in [6, 6.07) is 101. The van der Waals surface area contributed by atoms with Crippen LogP contribution in [0.5, 0.6) is 0 Å². The third-order valence-electron chi connectivity index (χ3n) is 16.3. The van der Waals surface area contributed by atoms with Crippen LogP contribution < -0.4 is 5.46 Å². The molecule has 4 heterocycles. The van der Waals surface area contributed by atoms with Gasteiger partial charge in [-0.3, -0.25) is 0 Å². The Balaban J connectivity index is 0.000000168. The van der Waals surface area contributed by atoms with Crippen LogP contribution in [0.3, 0.4) is 0 Å². The predicted octanol–water partition coefficient (Wildman–Crippen LogP) is 19.8. The van der Waals surface area contributed by atoms with Crippen molar-refractivity contribution in [1.29, 1.82) is 0 Å². The number of hydrogen-bond donors (Lipinski definition) is 0. The van der Waals surface area contributed by atoms with Crippen molar-refractivity contribution in [3.05, 3.63) is 312 Å². The van der Waals surface area contributed by atoms with E-state index in [1.165, 1.54) is 0 Å². The lowest BCUT2D eigenvalue weighted by molar-refractivity contribution is 0.00578.